The van der Waals surface area contributed by atoms with Gasteiger partial charge in [0, 0.05) is 24.1 Å². The van der Waals surface area contributed by atoms with Crippen molar-refractivity contribution in [2.24, 2.45) is 0 Å². The standard InChI is InChI=1S/C20H16F5N3O4S/c1-32-16-5-3-11(7-13(16)20(23,24)25)9-28-10-12(4-6-17(28)29)14-8-15(18(21)22)27-19(26-14)33(2,30)31/h3-8,10,18H,9H2,1-2H3. The van der Waals surface area contributed by atoms with Crippen molar-refractivity contribution in [1.82, 2.24) is 14.5 Å². The van der Waals surface area contributed by atoms with Crippen LogP contribution in [-0.2, 0) is 22.6 Å². The minimum Gasteiger partial charge on any atom is -0.496 e. The topological polar surface area (TPSA) is 91.2 Å². The summed E-state index contributed by atoms with van der Waals surface area (Å²) in [5, 5.41) is -0.821. The smallest absolute Gasteiger partial charge is 0.419 e. The zero-order valence-electron chi connectivity index (χ0n) is 17.1. The molecule has 33 heavy (non-hydrogen) atoms. The van der Waals surface area contributed by atoms with Crippen LogP contribution >= 0.6 is 0 Å². The summed E-state index contributed by atoms with van der Waals surface area (Å²) in [5.74, 6) is -0.388. The minimum absolute atomic E-state index is 0.0911. The maximum absolute atomic E-state index is 13.3. The Morgan fingerprint density at radius 2 is 1.79 bits per heavy atom. The van der Waals surface area contributed by atoms with Gasteiger partial charge in [-0.05, 0) is 29.8 Å². The molecule has 0 aliphatic rings. The van der Waals surface area contributed by atoms with E-state index in [-0.39, 0.29) is 29.1 Å². The summed E-state index contributed by atoms with van der Waals surface area (Å²) in [4.78, 5) is 19.4. The molecule has 2 aromatic heterocycles. The van der Waals surface area contributed by atoms with E-state index in [1.165, 1.54) is 18.3 Å². The Kier molecular flexibility index (Phi) is 6.54. The Morgan fingerprint density at radius 1 is 1.09 bits per heavy atom. The second-order valence-corrected chi connectivity index (χ2v) is 8.86. The van der Waals surface area contributed by atoms with Gasteiger partial charge in [-0.2, -0.15) is 13.2 Å². The van der Waals surface area contributed by atoms with Crippen molar-refractivity contribution in [3.63, 3.8) is 0 Å². The largest absolute Gasteiger partial charge is 0.496 e. The number of hydrogen-bond acceptors (Lipinski definition) is 6. The number of alkyl halides is 5. The van der Waals surface area contributed by atoms with Gasteiger partial charge in [-0.1, -0.05) is 6.07 Å². The zero-order valence-corrected chi connectivity index (χ0v) is 17.9. The molecule has 0 aliphatic carbocycles. The van der Waals surface area contributed by atoms with Gasteiger partial charge in [-0.3, -0.25) is 4.79 Å². The monoisotopic (exact) mass is 489 g/mol. The summed E-state index contributed by atoms with van der Waals surface area (Å²) in [6.07, 6.45) is -5.84. The van der Waals surface area contributed by atoms with Gasteiger partial charge in [-0.25, -0.2) is 27.2 Å². The SMILES string of the molecule is COc1ccc(Cn2cc(-c3cc(C(F)F)nc(S(C)(=O)=O)n3)ccc2=O)cc1C(F)(F)F. The van der Waals surface area contributed by atoms with Crippen molar-refractivity contribution in [3.05, 3.63) is 69.8 Å². The molecule has 0 aliphatic heterocycles. The molecule has 2 heterocycles. The van der Waals surface area contributed by atoms with Crippen molar-refractivity contribution >= 4 is 9.84 Å². The summed E-state index contributed by atoms with van der Waals surface area (Å²) in [6.45, 7) is -0.286. The average molecular weight is 489 g/mol. The summed E-state index contributed by atoms with van der Waals surface area (Å²) < 4.78 is 95.6. The Labute approximate surface area is 184 Å². The van der Waals surface area contributed by atoms with Gasteiger partial charge >= 0.3 is 6.18 Å². The molecule has 0 atom stereocenters. The molecule has 7 nitrogen and oxygen atoms in total. The summed E-state index contributed by atoms with van der Waals surface area (Å²) >= 11 is 0. The second-order valence-electron chi connectivity index (χ2n) is 6.95. The zero-order chi connectivity index (χ0) is 24.6. The molecule has 1 aromatic carbocycles. The molecule has 0 radical (unpaired) electrons. The number of aromatic nitrogens is 3. The van der Waals surface area contributed by atoms with Crippen LogP contribution in [0.25, 0.3) is 11.3 Å². The normalized spacial score (nSPS) is 12.2. The number of benzene rings is 1. The van der Waals surface area contributed by atoms with E-state index in [0.29, 0.717) is 0 Å². The first-order chi connectivity index (χ1) is 15.3. The highest BCUT2D eigenvalue weighted by Gasteiger charge is 2.34. The average Bonchev–Trinajstić information content (AvgIpc) is 2.73. The highest BCUT2D eigenvalue weighted by Crippen LogP contribution is 2.36. The fraction of sp³-hybridized carbons (Fsp3) is 0.250. The Hall–Kier alpha value is -3.35. The molecule has 13 heteroatoms. The second kappa shape index (κ2) is 8.89. The molecule has 0 fully saturated rings. The highest BCUT2D eigenvalue weighted by molar-refractivity contribution is 7.90. The molecule has 0 unspecified atom stereocenters. The van der Waals surface area contributed by atoms with Gasteiger partial charge in [0.1, 0.15) is 11.4 Å². The number of hydrogen-bond donors (Lipinski definition) is 0. The number of nitrogens with zero attached hydrogens (tertiary/aromatic N) is 3. The number of ether oxygens (including phenoxy) is 1. The molecule has 3 aromatic rings. The van der Waals surface area contributed by atoms with E-state index in [1.54, 1.807) is 0 Å². The molecule has 0 amide bonds. The van der Waals surface area contributed by atoms with E-state index in [0.717, 1.165) is 42.2 Å². The first kappa shape index (κ1) is 24.3. The quantitative estimate of drug-likeness (QED) is 0.387. The van der Waals surface area contributed by atoms with Gasteiger partial charge in [-0.15, -0.1) is 0 Å². The molecule has 0 spiro atoms. The maximum Gasteiger partial charge on any atom is 0.419 e. The third-order valence-electron chi connectivity index (χ3n) is 4.48. The number of pyridine rings is 1. The van der Waals surface area contributed by atoms with Crippen LogP contribution in [0.1, 0.15) is 23.2 Å². The number of rotatable bonds is 6. The lowest BCUT2D eigenvalue weighted by Crippen LogP contribution is -2.20. The molecule has 0 bridgehead atoms. The third-order valence-corrected chi connectivity index (χ3v) is 5.33. The lowest BCUT2D eigenvalue weighted by molar-refractivity contribution is -0.138. The summed E-state index contributed by atoms with van der Waals surface area (Å²) in [7, 11) is -2.93. The molecule has 176 valence electrons. The Morgan fingerprint density at radius 3 is 2.36 bits per heavy atom. The van der Waals surface area contributed by atoms with E-state index in [4.69, 9.17) is 4.74 Å². The van der Waals surface area contributed by atoms with Gasteiger partial charge in [0.2, 0.25) is 15.0 Å². The van der Waals surface area contributed by atoms with Crippen LogP contribution in [0.4, 0.5) is 22.0 Å². The fourth-order valence-corrected chi connectivity index (χ4v) is 3.48. The van der Waals surface area contributed by atoms with E-state index in [1.807, 2.05) is 0 Å². The fourth-order valence-electron chi connectivity index (χ4n) is 2.95. The van der Waals surface area contributed by atoms with Crippen molar-refractivity contribution in [2.75, 3.05) is 13.4 Å². The van der Waals surface area contributed by atoms with Crippen molar-refractivity contribution < 1.29 is 35.1 Å². The number of sulfone groups is 1. The predicted octanol–water partition coefficient (Wildman–Crippen LogP) is 3.72. The van der Waals surface area contributed by atoms with E-state index in [9.17, 15) is 35.2 Å². The lowest BCUT2D eigenvalue weighted by atomic mass is 10.1. The molecule has 0 N–H and O–H groups in total. The maximum atomic E-state index is 13.3. The van der Waals surface area contributed by atoms with E-state index in [2.05, 4.69) is 9.97 Å². The van der Waals surface area contributed by atoms with Gasteiger partial charge in [0.15, 0.2) is 0 Å². The Balaban J connectivity index is 2.08. The van der Waals surface area contributed by atoms with Gasteiger partial charge in [0.25, 0.3) is 12.0 Å². The van der Waals surface area contributed by atoms with E-state index < -0.39 is 44.4 Å². The molecular formula is C20H16F5N3O4S. The number of halogens is 5. The minimum atomic E-state index is -4.69. The predicted molar refractivity (Wildman–Crippen MR) is 107 cm³/mol. The van der Waals surface area contributed by atoms with Crippen LogP contribution < -0.4 is 10.3 Å². The third kappa shape index (κ3) is 5.53. The summed E-state index contributed by atoms with van der Waals surface area (Å²) in [6, 6.07) is 6.46. The molecular weight excluding hydrogens is 473 g/mol. The molecule has 0 saturated carbocycles. The van der Waals surface area contributed by atoms with Crippen molar-refractivity contribution in [2.45, 2.75) is 24.3 Å². The van der Waals surface area contributed by atoms with Crippen LogP contribution in [0, 0.1) is 0 Å². The lowest BCUT2D eigenvalue weighted by Gasteiger charge is -2.14. The van der Waals surface area contributed by atoms with Gasteiger partial charge < -0.3 is 9.30 Å². The van der Waals surface area contributed by atoms with Gasteiger partial charge in [0.05, 0.1) is 24.9 Å². The van der Waals surface area contributed by atoms with Crippen molar-refractivity contribution in [3.8, 4) is 17.0 Å². The number of methoxy groups -OCH3 is 1. The molecule has 3 rings (SSSR count). The first-order valence-corrected chi connectivity index (χ1v) is 11.0. The molecule has 0 saturated heterocycles. The van der Waals surface area contributed by atoms with Crippen molar-refractivity contribution in [1.29, 1.82) is 0 Å². The van der Waals surface area contributed by atoms with Crippen LogP contribution in [-0.4, -0.2) is 36.3 Å². The Bertz CT molecular complexity index is 1350. The van der Waals surface area contributed by atoms with E-state index >= 15 is 0 Å². The van der Waals surface area contributed by atoms with Crippen LogP contribution in [0.2, 0.25) is 0 Å². The van der Waals surface area contributed by atoms with Crippen LogP contribution in [0.5, 0.6) is 5.75 Å². The van der Waals surface area contributed by atoms with Crippen LogP contribution in [0.3, 0.4) is 0 Å². The highest BCUT2D eigenvalue weighted by atomic mass is 32.2. The van der Waals surface area contributed by atoms with Crippen LogP contribution in [0.15, 0.2) is 52.5 Å². The first-order valence-electron chi connectivity index (χ1n) is 9.12. The summed E-state index contributed by atoms with van der Waals surface area (Å²) in [5.41, 5.74) is -2.43.